The van der Waals surface area contributed by atoms with Gasteiger partial charge in [-0.25, -0.2) is 8.78 Å². The third-order valence-corrected chi connectivity index (χ3v) is 10.5. The Morgan fingerprint density at radius 2 is 0.724 bits per heavy atom. The fourth-order valence-electron chi connectivity index (χ4n) is 7.35. The fraction of sp³-hybridized carbons (Fsp3) is 0.286. The highest BCUT2D eigenvalue weighted by molar-refractivity contribution is 5.88. The zero-order valence-electron chi connectivity index (χ0n) is 36.8. The second-order valence-electron chi connectivity index (χ2n) is 19.4. The average molecular weight is 773 g/mol. The van der Waals surface area contributed by atoms with E-state index in [0.29, 0.717) is 5.39 Å². The summed E-state index contributed by atoms with van der Waals surface area (Å²) in [5.74, 6) is -0.308. The van der Waals surface area contributed by atoms with Crippen LogP contribution in [0.2, 0.25) is 0 Å². The molecule has 0 aromatic heterocycles. The van der Waals surface area contributed by atoms with Gasteiger partial charge >= 0.3 is 0 Å². The number of fused-ring (bicyclic) bond motifs is 4. The van der Waals surface area contributed by atoms with Crippen LogP contribution in [0.3, 0.4) is 0 Å². The summed E-state index contributed by atoms with van der Waals surface area (Å²) in [5, 5.41) is 9.21. The first-order valence-electron chi connectivity index (χ1n) is 20.5. The van der Waals surface area contributed by atoms with Crippen molar-refractivity contribution >= 4 is 43.1 Å². The highest BCUT2D eigenvalue weighted by Crippen LogP contribution is 2.33. The van der Waals surface area contributed by atoms with Gasteiger partial charge in [-0.1, -0.05) is 223 Å². The van der Waals surface area contributed by atoms with E-state index in [2.05, 4.69) is 174 Å². The van der Waals surface area contributed by atoms with E-state index >= 15 is 0 Å². The Balaban J connectivity index is 0.000000147. The summed E-state index contributed by atoms with van der Waals surface area (Å²) in [6, 6.07) is 52.5. The van der Waals surface area contributed by atoms with Gasteiger partial charge in [0.05, 0.1) is 0 Å². The lowest BCUT2D eigenvalue weighted by molar-refractivity contribution is 0.591. The Hall–Kier alpha value is -5.34. The number of hydrogen-bond donors (Lipinski definition) is 0. The quantitative estimate of drug-likeness (QED) is 0.144. The topological polar surface area (TPSA) is 0 Å². The van der Waals surface area contributed by atoms with E-state index in [-0.39, 0.29) is 33.3 Å². The number of hydrogen-bond acceptors (Lipinski definition) is 0. The second-order valence-corrected chi connectivity index (χ2v) is 19.4. The van der Waals surface area contributed by atoms with Gasteiger partial charge in [0, 0.05) is 5.39 Å². The maximum absolute atomic E-state index is 13.6. The van der Waals surface area contributed by atoms with Crippen molar-refractivity contribution in [2.24, 2.45) is 0 Å². The molecule has 0 saturated heterocycles. The Bertz CT molecular complexity index is 2590. The first-order chi connectivity index (χ1) is 27.1. The van der Waals surface area contributed by atoms with Crippen molar-refractivity contribution in [1.82, 2.24) is 0 Å². The van der Waals surface area contributed by atoms with E-state index in [4.69, 9.17) is 0 Å². The molecule has 0 radical (unpaired) electrons. The summed E-state index contributed by atoms with van der Waals surface area (Å²) in [6.45, 7) is 26.4. The molecule has 0 saturated carbocycles. The molecule has 0 nitrogen and oxygen atoms in total. The van der Waals surface area contributed by atoms with E-state index < -0.39 is 0 Å². The number of rotatable bonds is 0. The largest absolute Gasteiger partial charge is 0.207 e. The zero-order valence-corrected chi connectivity index (χ0v) is 36.8. The molecule has 0 spiro atoms. The van der Waals surface area contributed by atoms with Crippen molar-refractivity contribution in [3.63, 3.8) is 0 Å². The van der Waals surface area contributed by atoms with Crippen LogP contribution in [0.15, 0.2) is 158 Å². The molecule has 0 bridgehead atoms. The molecule has 0 unspecified atom stereocenters. The maximum Gasteiger partial charge on any atom is 0.131 e. The minimum Gasteiger partial charge on any atom is -0.207 e. The Labute approximate surface area is 347 Å². The Morgan fingerprint density at radius 1 is 0.293 bits per heavy atom. The molecule has 0 aliphatic heterocycles. The third-order valence-electron chi connectivity index (χ3n) is 10.5. The van der Waals surface area contributed by atoms with Gasteiger partial charge in [0.2, 0.25) is 0 Å². The Morgan fingerprint density at radius 3 is 1.29 bits per heavy atom. The molecule has 0 aliphatic carbocycles. The summed E-state index contributed by atoms with van der Waals surface area (Å²) in [7, 11) is 0. The van der Waals surface area contributed by atoms with Gasteiger partial charge in [0.1, 0.15) is 11.6 Å². The molecule has 0 N–H and O–H groups in total. The van der Waals surface area contributed by atoms with Crippen molar-refractivity contribution in [3.8, 4) is 0 Å². The molecule has 58 heavy (non-hydrogen) atoms. The lowest BCUT2D eigenvalue weighted by Gasteiger charge is -2.21. The molecule has 0 amide bonds. The normalized spacial score (nSPS) is 12.0. The summed E-state index contributed by atoms with van der Waals surface area (Å²) in [4.78, 5) is 0. The first kappa shape index (κ1) is 43.8. The van der Waals surface area contributed by atoms with Crippen LogP contribution in [0.5, 0.6) is 0 Å². The van der Waals surface area contributed by atoms with Crippen LogP contribution in [0, 0.1) is 11.6 Å². The SMILES string of the molecule is CC(C)(C)c1ccc(F)c2ccccc12.CC(C)(C)c1ccc2ccccc2c1.CC(C)(C)c1cccc2ccc(F)cc12.CC(C)(C)c1cccc2ccccc12. The predicted octanol–water partition coefficient (Wildman–Crippen LogP) is 16.8. The second kappa shape index (κ2) is 17.7. The highest BCUT2D eigenvalue weighted by Gasteiger charge is 2.19. The molecule has 0 fully saturated rings. The summed E-state index contributed by atoms with van der Waals surface area (Å²) in [6.07, 6.45) is 0. The molecular formula is C56H62F2. The van der Waals surface area contributed by atoms with Crippen LogP contribution < -0.4 is 0 Å². The van der Waals surface area contributed by atoms with Crippen LogP contribution in [0.25, 0.3) is 43.1 Å². The minimum absolute atomic E-state index is 0.0489. The van der Waals surface area contributed by atoms with Gasteiger partial charge in [-0.2, -0.15) is 0 Å². The van der Waals surface area contributed by atoms with Gasteiger partial charge < -0.3 is 0 Å². The number of benzene rings is 8. The standard InChI is InChI=1S/2C14H15F.2C14H16/c1-14(2,3)13-6-4-5-10-7-8-11(15)9-12(10)13;1-14(2,3)12-8-9-13(15)11-7-5-4-6-10(11)12;1-14(2,3)13-10-6-8-11-7-4-5-9-12(11)13;1-14(2,3)13-9-8-11-6-4-5-7-12(11)10-13/h2*4-9H,1-3H3;2*4-10H,1-3H3. The van der Waals surface area contributed by atoms with Crippen molar-refractivity contribution in [2.45, 2.75) is 105 Å². The Kier molecular flexibility index (Phi) is 13.3. The van der Waals surface area contributed by atoms with E-state index in [9.17, 15) is 8.78 Å². The monoisotopic (exact) mass is 772 g/mol. The third kappa shape index (κ3) is 11.0. The molecule has 8 aromatic carbocycles. The van der Waals surface area contributed by atoms with E-state index in [0.717, 1.165) is 16.2 Å². The van der Waals surface area contributed by atoms with Gasteiger partial charge in [-0.15, -0.1) is 0 Å². The van der Waals surface area contributed by atoms with Crippen LogP contribution >= 0.6 is 0 Å². The molecule has 300 valence electrons. The van der Waals surface area contributed by atoms with Crippen molar-refractivity contribution < 1.29 is 8.78 Å². The fourth-order valence-corrected chi connectivity index (χ4v) is 7.35. The van der Waals surface area contributed by atoms with E-state index in [1.54, 1.807) is 12.1 Å². The molecule has 0 atom stereocenters. The van der Waals surface area contributed by atoms with Crippen LogP contribution in [0.1, 0.15) is 105 Å². The van der Waals surface area contributed by atoms with Crippen molar-refractivity contribution in [2.75, 3.05) is 0 Å². The highest BCUT2D eigenvalue weighted by atomic mass is 19.1. The van der Waals surface area contributed by atoms with Gasteiger partial charge in [0.25, 0.3) is 0 Å². The van der Waals surface area contributed by atoms with E-state index in [1.165, 1.54) is 49.9 Å². The molecular weight excluding hydrogens is 711 g/mol. The van der Waals surface area contributed by atoms with Crippen molar-refractivity contribution in [1.29, 1.82) is 0 Å². The smallest absolute Gasteiger partial charge is 0.131 e. The maximum atomic E-state index is 13.6. The summed E-state index contributed by atoms with van der Waals surface area (Å²) < 4.78 is 26.8. The van der Waals surface area contributed by atoms with Crippen LogP contribution in [0.4, 0.5) is 8.78 Å². The van der Waals surface area contributed by atoms with Crippen LogP contribution in [-0.4, -0.2) is 0 Å². The zero-order chi connectivity index (χ0) is 42.5. The first-order valence-corrected chi connectivity index (χ1v) is 20.5. The average Bonchev–Trinajstić information content (AvgIpc) is 3.16. The van der Waals surface area contributed by atoms with Gasteiger partial charge in [0.15, 0.2) is 0 Å². The molecule has 2 heteroatoms. The van der Waals surface area contributed by atoms with E-state index in [1.807, 2.05) is 48.5 Å². The lowest BCUT2D eigenvalue weighted by atomic mass is 9.83. The minimum atomic E-state index is -0.167. The van der Waals surface area contributed by atoms with Gasteiger partial charge in [-0.05, 0) is 99.8 Å². The van der Waals surface area contributed by atoms with Crippen LogP contribution in [-0.2, 0) is 21.7 Å². The summed E-state index contributed by atoms with van der Waals surface area (Å²) >= 11 is 0. The molecule has 8 aromatic rings. The van der Waals surface area contributed by atoms with Crippen molar-refractivity contribution in [3.05, 3.63) is 192 Å². The predicted molar refractivity (Wildman–Crippen MR) is 251 cm³/mol. The summed E-state index contributed by atoms with van der Waals surface area (Å²) in [5.41, 5.74) is 5.77. The molecule has 0 heterocycles. The molecule has 0 aliphatic rings. The number of halogens is 2. The lowest BCUT2D eigenvalue weighted by Crippen LogP contribution is -2.11. The molecule has 8 rings (SSSR count). The van der Waals surface area contributed by atoms with Gasteiger partial charge in [-0.3, -0.25) is 0 Å².